The molecular formula is C17H9F18. The molecule has 0 heterocycles. The van der Waals surface area contributed by atoms with Crippen LogP contribution in [0, 0.1) is 5.92 Å². The third-order valence-electron chi connectivity index (χ3n) is 4.53. The first-order valence-corrected chi connectivity index (χ1v) is 8.40. The topological polar surface area (TPSA) is 0 Å². The quantitative estimate of drug-likeness (QED) is 0.296. The molecule has 0 spiro atoms. The van der Waals surface area contributed by atoms with Gasteiger partial charge in [0.25, 0.3) is 0 Å². The zero-order chi connectivity index (χ0) is 28.4. The number of benzene rings is 1. The summed E-state index contributed by atoms with van der Waals surface area (Å²) in [6.45, 7) is 0.684. The van der Waals surface area contributed by atoms with E-state index in [9.17, 15) is 79.0 Å². The summed E-state index contributed by atoms with van der Waals surface area (Å²) < 4.78 is 239. The Hall–Kier alpha value is -2.04. The van der Waals surface area contributed by atoms with Gasteiger partial charge in [0.1, 0.15) is 0 Å². The molecule has 1 radical (unpaired) electrons. The average molecular weight is 555 g/mol. The molecule has 0 unspecified atom stereocenters. The first-order chi connectivity index (χ1) is 15.0. The van der Waals surface area contributed by atoms with Gasteiger partial charge in [-0.3, -0.25) is 0 Å². The molecule has 1 rings (SSSR count). The van der Waals surface area contributed by atoms with Gasteiger partial charge in [0, 0.05) is 11.1 Å². The molecule has 0 saturated carbocycles. The molecule has 0 aliphatic rings. The molecular weight excluding hydrogens is 546 g/mol. The summed E-state index contributed by atoms with van der Waals surface area (Å²) >= 11 is 0. The third kappa shape index (κ3) is 4.27. The van der Waals surface area contributed by atoms with E-state index in [4.69, 9.17) is 0 Å². The van der Waals surface area contributed by atoms with Crippen LogP contribution in [0.1, 0.15) is 30.5 Å². The predicted molar refractivity (Wildman–Crippen MR) is 79.8 cm³/mol. The van der Waals surface area contributed by atoms with E-state index in [0.29, 0.717) is 13.8 Å². The van der Waals surface area contributed by atoms with Gasteiger partial charge in [-0.2, -0.15) is 79.0 Å². The number of halogens is 18. The molecule has 35 heavy (non-hydrogen) atoms. The highest BCUT2D eigenvalue weighted by atomic mass is 19.4. The van der Waals surface area contributed by atoms with Gasteiger partial charge in [0.15, 0.2) is 0 Å². The van der Waals surface area contributed by atoms with Crippen molar-refractivity contribution in [3.8, 4) is 0 Å². The molecule has 0 bridgehead atoms. The van der Waals surface area contributed by atoms with Crippen molar-refractivity contribution in [2.75, 3.05) is 0 Å². The fourth-order valence-corrected chi connectivity index (χ4v) is 2.70. The van der Waals surface area contributed by atoms with Crippen LogP contribution in [-0.2, 0) is 11.8 Å². The van der Waals surface area contributed by atoms with E-state index >= 15 is 0 Å². The number of rotatable bonds is 7. The van der Waals surface area contributed by atoms with Crippen molar-refractivity contribution in [2.45, 2.75) is 61.7 Å². The summed E-state index contributed by atoms with van der Waals surface area (Å²) in [5.41, 5.74) is -8.19. The summed E-state index contributed by atoms with van der Waals surface area (Å²) in [6.07, 6.45) is -14.7. The Morgan fingerprint density at radius 1 is 0.457 bits per heavy atom. The Morgan fingerprint density at radius 3 is 0.914 bits per heavy atom. The van der Waals surface area contributed by atoms with Gasteiger partial charge in [-0.15, -0.1) is 0 Å². The minimum absolute atomic E-state index is 0.342. The van der Waals surface area contributed by atoms with E-state index in [1.54, 1.807) is 0 Å². The SMILES string of the molecule is C[C](C)c1c(C(F)(F)C(F)(F)C(F)(F)C(F)(F)F)cccc1C(F)(F)C(F)(F)C(F)(F)C(F)(F)F. The lowest BCUT2D eigenvalue weighted by Crippen LogP contribution is -2.60. The minimum Gasteiger partial charge on any atom is -0.194 e. The molecule has 0 saturated heterocycles. The van der Waals surface area contributed by atoms with E-state index in [1.807, 2.05) is 0 Å². The van der Waals surface area contributed by atoms with Crippen molar-refractivity contribution in [2.24, 2.45) is 0 Å². The monoisotopic (exact) mass is 555 g/mol. The average Bonchev–Trinajstić information content (AvgIpc) is 2.64. The van der Waals surface area contributed by atoms with Gasteiger partial charge in [-0.1, -0.05) is 32.0 Å². The molecule has 1 aromatic rings. The first-order valence-electron chi connectivity index (χ1n) is 8.40. The lowest BCUT2D eigenvalue weighted by Gasteiger charge is -2.37. The van der Waals surface area contributed by atoms with Crippen molar-refractivity contribution in [3.05, 3.63) is 40.8 Å². The van der Waals surface area contributed by atoms with Crippen LogP contribution >= 0.6 is 0 Å². The standard InChI is InChI=1S/C17H9F18/c1-6(2)9-7(10(18,19)12(22,23)14(26,27)16(30,31)32)4-3-5-8(9)11(20,21)13(24,25)15(28,29)17(33,34)35/h3-5H,1-2H3. The van der Waals surface area contributed by atoms with Gasteiger partial charge in [-0.25, -0.2) is 0 Å². The van der Waals surface area contributed by atoms with Crippen LogP contribution in [0.25, 0.3) is 0 Å². The first kappa shape index (κ1) is 31.0. The molecule has 18 heteroatoms. The van der Waals surface area contributed by atoms with E-state index in [0.717, 1.165) is 0 Å². The summed E-state index contributed by atoms with van der Waals surface area (Å²) in [7, 11) is 0. The summed E-state index contributed by atoms with van der Waals surface area (Å²) in [6, 6.07) is -1.34. The maximum absolute atomic E-state index is 14.4. The second-order valence-corrected chi connectivity index (χ2v) is 7.17. The zero-order valence-electron chi connectivity index (χ0n) is 16.5. The number of alkyl halides is 18. The molecule has 0 amide bonds. The van der Waals surface area contributed by atoms with Crippen molar-refractivity contribution >= 4 is 0 Å². The van der Waals surface area contributed by atoms with E-state index < -0.39 is 82.6 Å². The van der Waals surface area contributed by atoms with Gasteiger partial charge < -0.3 is 0 Å². The molecule has 0 nitrogen and oxygen atoms in total. The minimum atomic E-state index is -7.56. The van der Waals surface area contributed by atoms with Gasteiger partial charge in [0.2, 0.25) is 0 Å². The van der Waals surface area contributed by atoms with E-state index in [-0.39, 0.29) is 6.07 Å². The maximum Gasteiger partial charge on any atom is 0.460 e. The Morgan fingerprint density at radius 2 is 0.714 bits per heavy atom. The van der Waals surface area contributed by atoms with Crippen molar-refractivity contribution < 1.29 is 79.0 Å². The van der Waals surface area contributed by atoms with Crippen LogP contribution in [0.5, 0.6) is 0 Å². The molecule has 0 aliphatic carbocycles. The lowest BCUT2D eigenvalue weighted by molar-refractivity contribution is -0.400. The van der Waals surface area contributed by atoms with Crippen molar-refractivity contribution in [1.29, 1.82) is 0 Å². The maximum atomic E-state index is 14.4. The smallest absolute Gasteiger partial charge is 0.194 e. The molecule has 203 valence electrons. The fraction of sp³-hybridized carbons (Fsp3) is 0.588. The molecule has 0 N–H and O–H groups in total. The Bertz CT molecular complexity index is 850. The Balaban J connectivity index is 4.04. The highest BCUT2D eigenvalue weighted by molar-refractivity contribution is 5.49. The summed E-state index contributed by atoms with van der Waals surface area (Å²) in [5.74, 6) is -45.0. The molecule has 0 fully saturated rings. The van der Waals surface area contributed by atoms with Gasteiger partial charge >= 0.3 is 47.9 Å². The predicted octanol–water partition coefficient (Wildman–Crippen LogP) is 8.50. The fourth-order valence-electron chi connectivity index (χ4n) is 2.70. The van der Waals surface area contributed by atoms with Crippen LogP contribution in [-0.4, -0.2) is 36.0 Å². The van der Waals surface area contributed by atoms with E-state index in [2.05, 4.69) is 0 Å². The summed E-state index contributed by atoms with van der Waals surface area (Å²) in [4.78, 5) is 0. The number of hydrogen-bond acceptors (Lipinski definition) is 0. The van der Waals surface area contributed by atoms with Crippen molar-refractivity contribution in [1.82, 2.24) is 0 Å². The van der Waals surface area contributed by atoms with Crippen LogP contribution < -0.4 is 0 Å². The largest absolute Gasteiger partial charge is 0.460 e. The highest BCUT2D eigenvalue weighted by Gasteiger charge is 2.84. The zero-order valence-corrected chi connectivity index (χ0v) is 16.5. The van der Waals surface area contributed by atoms with Crippen LogP contribution in [0.2, 0.25) is 0 Å². The third-order valence-corrected chi connectivity index (χ3v) is 4.53. The Kier molecular flexibility index (Phi) is 7.30. The highest BCUT2D eigenvalue weighted by Crippen LogP contribution is 2.60. The normalized spacial score (nSPS) is 15.7. The number of hydrogen-bond donors (Lipinski definition) is 0. The van der Waals surface area contributed by atoms with Crippen molar-refractivity contribution in [3.63, 3.8) is 0 Å². The van der Waals surface area contributed by atoms with E-state index in [1.165, 1.54) is 0 Å². The second kappa shape index (κ2) is 8.24. The second-order valence-electron chi connectivity index (χ2n) is 7.17. The van der Waals surface area contributed by atoms with Gasteiger partial charge in [0.05, 0.1) is 0 Å². The lowest BCUT2D eigenvalue weighted by atomic mass is 9.82. The van der Waals surface area contributed by atoms with Gasteiger partial charge in [-0.05, 0) is 11.5 Å². The Labute approximate surface area is 182 Å². The molecule has 0 aromatic heterocycles. The van der Waals surface area contributed by atoms with Crippen LogP contribution in [0.3, 0.4) is 0 Å². The molecule has 0 aliphatic heterocycles. The summed E-state index contributed by atoms with van der Waals surface area (Å²) in [5, 5.41) is 0. The van der Waals surface area contributed by atoms with Crippen LogP contribution in [0.15, 0.2) is 18.2 Å². The molecule has 1 aromatic carbocycles. The molecule has 0 atom stereocenters. The van der Waals surface area contributed by atoms with Crippen LogP contribution in [0.4, 0.5) is 79.0 Å².